The van der Waals surface area contributed by atoms with E-state index in [4.69, 9.17) is 19.9 Å². The first-order chi connectivity index (χ1) is 9.07. The predicted molar refractivity (Wildman–Crippen MR) is 77.2 cm³/mol. The zero-order valence-corrected chi connectivity index (χ0v) is 12.5. The highest BCUT2D eigenvalue weighted by Gasteiger charge is 2.17. The van der Waals surface area contributed by atoms with Crippen molar-refractivity contribution in [2.75, 3.05) is 27.9 Å². The van der Waals surface area contributed by atoms with Crippen LogP contribution in [-0.2, 0) is 6.42 Å². The van der Waals surface area contributed by atoms with Crippen LogP contribution in [0.15, 0.2) is 12.1 Å². The largest absolute Gasteiger partial charge is 0.496 e. The van der Waals surface area contributed by atoms with E-state index in [0.29, 0.717) is 24.1 Å². The number of benzene rings is 1. The molecular weight excluding hydrogens is 242 g/mol. The predicted octanol–water partition coefficient (Wildman–Crippen LogP) is 2.49. The van der Waals surface area contributed by atoms with Crippen LogP contribution >= 0.6 is 0 Å². The fraction of sp³-hybridized carbons (Fsp3) is 0.600. The van der Waals surface area contributed by atoms with E-state index < -0.39 is 0 Å². The van der Waals surface area contributed by atoms with E-state index in [-0.39, 0.29) is 0 Å². The molecule has 4 nitrogen and oxygen atoms in total. The van der Waals surface area contributed by atoms with Crippen molar-refractivity contribution in [3.05, 3.63) is 17.7 Å². The molecule has 19 heavy (non-hydrogen) atoms. The molecule has 1 rings (SSSR count). The van der Waals surface area contributed by atoms with Gasteiger partial charge in [0.05, 0.1) is 21.3 Å². The summed E-state index contributed by atoms with van der Waals surface area (Å²) in [6.45, 7) is 5.03. The van der Waals surface area contributed by atoms with Crippen molar-refractivity contribution < 1.29 is 14.2 Å². The molecule has 0 amide bonds. The van der Waals surface area contributed by atoms with E-state index in [9.17, 15) is 0 Å². The Kier molecular flexibility index (Phi) is 5.96. The molecule has 0 aliphatic heterocycles. The van der Waals surface area contributed by atoms with Gasteiger partial charge in [-0.2, -0.15) is 0 Å². The number of methoxy groups -OCH3 is 3. The highest BCUT2D eigenvalue weighted by Crippen LogP contribution is 2.36. The second-order valence-corrected chi connectivity index (χ2v) is 4.96. The first-order valence-corrected chi connectivity index (χ1v) is 6.56. The molecule has 4 heteroatoms. The summed E-state index contributed by atoms with van der Waals surface area (Å²) in [5.74, 6) is 3.17. The van der Waals surface area contributed by atoms with Crippen LogP contribution in [0.4, 0.5) is 0 Å². The quantitative estimate of drug-likeness (QED) is 0.824. The molecule has 0 spiro atoms. The molecule has 0 aliphatic carbocycles. The van der Waals surface area contributed by atoms with Crippen LogP contribution < -0.4 is 19.9 Å². The molecule has 1 aromatic carbocycles. The van der Waals surface area contributed by atoms with E-state index in [1.54, 1.807) is 21.3 Å². The zero-order valence-electron chi connectivity index (χ0n) is 12.5. The van der Waals surface area contributed by atoms with Crippen LogP contribution in [0.3, 0.4) is 0 Å². The Balaban J connectivity index is 3.11. The minimum absolute atomic E-state index is 0.423. The fourth-order valence-corrected chi connectivity index (χ4v) is 2.13. The maximum absolute atomic E-state index is 5.84. The van der Waals surface area contributed by atoms with E-state index in [1.807, 2.05) is 12.1 Å². The lowest BCUT2D eigenvalue weighted by atomic mass is 9.89. The second kappa shape index (κ2) is 7.24. The van der Waals surface area contributed by atoms with Crippen LogP contribution in [0.5, 0.6) is 17.2 Å². The molecule has 1 aromatic rings. The van der Waals surface area contributed by atoms with E-state index in [2.05, 4.69) is 13.8 Å². The number of nitrogens with two attached hydrogens (primary N) is 1. The van der Waals surface area contributed by atoms with Gasteiger partial charge in [0.1, 0.15) is 5.75 Å². The van der Waals surface area contributed by atoms with Gasteiger partial charge in [-0.15, -0.1) is 0 Å². The van der Waals surface area contributed by atoms with Gasteiger partial charge in [-0.25, -0.2) is 0 Å². The van der Waals surface area contributed by atoms with Gasteiger partial charge >= 0.3 is 0 Å². The summed E-state index contributed by atoms with van der Waals surface area (Å²) in [6, 6.07) is 3.84. The number of rotatable bonds is 7. The summed E-state index contributed by atoms with van der Waals surface area (Å²) in [6.07, 6.45) is 0.873. The van der Waals surface area contributed by atoms with Gasteiger partial charge in [-0.05, 0) is 36.4 Å². The summed E-state index contributed by atoms with van der Waals surface area (Å²) in [5.41, 5.74) is 6.94. The third kappa shape index (κ3) is 3.77. The minimum Gasteiger partial charge on any atom is -0.496 e. The summed E-state index contributed by atoms with van der Waals surface area (Å²) in [7, 11) is 4.92. The molecule has 0 saturated carbocycles. The molecule has 0 fully saturated rings. The Morgan fingerprint density at radius 2 is 1.47 bits per heavy atom. The lowest BCUT2D eigenvalue weighted by molar-refractivity contribution is 0.342. The molecule has 1 atom stereocenters. The van der Waals surface area contributed by atoms with Crippen LogP contribution in [0.2, 0.25) is 0 Å². The number of hydrogen-bond acceptors (Lipinski definition) is 4. The third-order valence-electron chi connectivity index (χ3n) is 3.51. The Hall–Kier alpha value is -1.42. The van der Waals surface area contributed by atoms with E-state index in [1.165, 1.54) is 0 Å². The van der Waals surface area contributed by atoms with Gasteiger partial charge in [0.25, 0.3) is 0 Å². The van der Waals surface area contributed by atoms with Gasteiger partial charge in [0.15, 0.2) is 11.5 Å². The number of hydrogen-bond donors (Lipinski definition) is 1. The van der Waals surface area contributed by atoms with E-state index >= 15 is 0 Å². The highest BCUT2D eigenvalue weighted by molar-refractivity contribution is 5.50. The minimum atomic E-state index is 0.423. The Morgan fingerprint density at radius 3 is 1.89 bits per heavy atom. The first kappa shape index (κ1) is 15.6. The average molecular weight is 267 g/mol. The molecule has 1 unspecified atom stereocenters. The van der Waals surface area contributed by atoms with Crippen molar-refractivity contribution in [3.8, 4) is 17.2 Å². The van der Waals surface area contributed by atoms with Crippen molar-refractivity contribution in [1.29, 1.82) is 0 Å². The Labute approximate surface area is 115 Å². The maximum Gasteiger partial charge on any atom is 0.164 e. The van der Waals surface area contributed by atoms with Crippen LogP contribution in [0.1, 0.15) is 19.4 Å². The Morgan fingerprint density at radius 1 is 0.947 bits per heavy atom. The Bertz CT molecular complexity index is 405. The van der Waals surface area contributed by atoms with Gasteiger partial charge in [-0.3, -0.25) is 0 Å². The first-order valence-electron chi connectivity index (χ1n) is 6.56. The smallest absolute Gasteiger partial charge is 0.164 e. The van der Waals surface area contributed by atoms with Crippen molar-refractivity contribution in [2.45, 2.75) is 20.3 Å². The molecule has 0 radical (unpaired) electrons. The molecular formula is C15H25NO3. The van der Waals surface area contributed by atoms with Crippen molar-refractivity contribution in [1.82, 2.24) is 0 Å². The van der Waals surface area contributed by atoms with Crippen LogP contribution in [0, 0.1) is 11.8 Å². The van der Waals surface area contributed by atoms with Crippen molar-refractivity contribution in [3.63, 3.8) is 0 Å². The number of ether oxygens (including phenoxy) is 3. The summed E-state index contributed by atoms with van der Waals surface area (Å²) >= 11 is 0. The van der Waals surface area contributed by atoms with Crippen LogP contribution in [0.25, 0.3) is 0 Å². The van der Waals surface area contributed by atoms with Gasteiger partial charge in [-0.1, -0.05) is 13.8 Å². The molecule has 0 heterocycles. The standard InChI is InChI=1S/C15H25NO3/c1-10(2)12(9-16)6-11-7-14(18-4)15(19-5)8-13(11)17-3/h7-8,10,12H,6,9,16H2,1-5H3. The molecule has 0 saturated heterocycles. The SMILES string of the molecule is COc1cc(OC)c(OC)cc1CC(CN)C(C)C. The summed E-state index contributed by atoms with van der Waals surface area (Å²) < 4.78 is 16.1. The molecule has 2 N–H and O–H groups in total. The van der Waals surface area contributed by atoms with Gasteiger partial charge in [0, 0.05) is 6.07 Å². The van der Waals surface area contributed by atoms with Crippen molar-refractivity contribution in [2.24, 2.45) is 17.6 Å². The van der Waals surface area contributed by atoms with Gasteiger partial charge < -0.3 is 19.9 Å². The summed E-state index contributed by atoms with van der Waals surface area (Å²) in [4.78, 5) is 0. The third-order valence-corrected chi connectivity index (χ3v) is 3.51. The highest BCUT2D eigenvalue weighted by atomic mass is 16.5. The molecule has 0 bridgehead atoms. The molecule has 108 valence electrons. The maximum atomic E-state index is 5.84. The lowest BCUT2D eigenvalue weighted by Gasteiger charge is -2.21. The van der Waals surface area contributed by atoms with Crippen LogP contribution in [-0.4, -0.2) is 27.9 Å². The second-order valence-electron chi connectivity index (χ2n) is 4.96. The van der Waals surface area contributed by atoms with E-state index in [0.717, 1.165) is 23.5 Å². The normalized spacial score (nSPS) is 12.4. The monoisotopic (exact) mass is 267 g/mol. The lowest BCUT2D eigenvalue weighted by Crippen LogP contribution is -2.22. The average Bonchev–Trinajstić information content (AvgIpc) is 2.43. The molecule has 0 aliphatic rings. The molecule has 0 aromatic heterocycles. The summed E-state index contributed by atoms with van der Waals surface area (Å²) in [5, 5.41) is 0. The van der Waals surface area contributed by atoms with Gasteiger partial charge in [0.2, 0.25) is 0 Å². The van der Waals surface area contributed by atoms with Crippen molar-refractivity contribution >= 4 is 0 Å². The fourth-order valence-electron chi connectivity index (χ4n) is 2.13. The zero-order chi connectivity index (χ0) is 14.4. The topological polar surface area (TPSA) is 53.7 Å².